The molecule has 1 N–H and O–H groups in total. The molecule has 0 aliphatic carbocycles. The van der Waals surface area contributed by atoms with Gasteiger partial charge in [-0.25, -0.2) is 9.97 Å². The first kappa shape index (κ1) is 21.7. The maximum atomic E-state index is 13.0. The molecule has 1 amide bonds. The highest BCUT2D eigenvalue weighted by atomic mass is 35.5. The highest BCUT2D eigenvalue weighted by Gasteiger charge is 2.18. The third kappa shape index (κ3) is 4.02. The number of hydrogen-bond acceptors (Lipinski definition) is 6. The summed E-state index contributed by atoms with van der Waals surface area (Å²) in [5.74, 6) is 0.193. The Morgan fingerprint density at radius 3 is 2.31 bits per heavy atom. The molecule has 162 valence electrons. The number of hydrogen-bond donors (Lipinski definition) is 1. The summed E-state index contributed by atoms with van der Waals surface area (Å²) in [5.41, 5.74) is 2.13. The lowest BCUT2D eigenvalue weighted by atomic mass is 10.1. The zero-order valence-corrected chi connectivity index (χ0v) is 18.9. The number of benzene rings is 2. The molecule has 2 aromatic heterocycles. The number of nitrogens with one attached hydrogen (secondary N) is 1. The molecule has 4 rings (SSSR count). The molecule has 2 aromatic carbocycles. The number of carbonyl (C=O) groups excluding carboxylic acids is 1. The lowest BCUT2D eigenvalue weighted by Gasteiger charge is -2.12. The molecule has 10 heteroatoms. The van der Waals surface area contributed by atoms with Gasteiger partial charge in [-0.05, 0) is 36.4 Å². The van der Waals surface area contributed by atoms with Crippen molar-refractivity contribution in [3.05, 3.63) is 74.6 Å². The van der Waals surface area contributed by atoms with Crippen molar-refractivity contribution in [3.63, 3.8) is 0 Å². The summed E-state index contributed by atoms with van der Waals surface area (Å²) in [6.45, 7) is 0. The molecular weight excluding hydrogens is 451 g/mol. The van der Waals surface area contributed by atoms with E-state index < -0.39 is 0 Å². The molecule has 4 aromatic rings. The number of carbonyl (C=O) groups is 1. The Morgan fingerprint density at radius 2 is 1.69 bits per heavy atom. The molecule has 0 aliphatic heterocycles. The number of amides is 1. The molecule has 0 aliphatic rings. The minimum Gasteiger partial charge on any atom is -0.345 e. The van der Waals surface area contributed by atoms with Crippen LogP contribution in [0, 0.1) is 0 Å². The standard InChI is InChI=1S/C22H18Cl2N6O2/c1-29(2)20(31)12-7-9-13(10-8-12)26-22-25-11-16-19(28-22)30(3)21(32)18(27-16)17-14(23)5-4-6-15(17)24/h4-11H,1-3H3,(H,25,26,28). The Balaban J connectivity index is 1.70. The Kier molecular flexibility index (Phi) is 5.82. The van der Waals surface area contributed by atoms with Crippen LogP contribution in [0.4, 0.5) is 11.6 Å². The number of anilines is 2. The molecule has 32 heavy (non-hydrogen) atoms. The maximum absolute atomic E-state index is 13.0. The van der Waals surface area contributed by atoms with Crippen LogP contribution in [0.1, 0.15) is 10.4 Å². The minimum atomic E-state index is -0.385. The number of aryl methyl sites for hydroxylation is 1. The topological polar surface area (TPSA) is 93.0 Å². The van der Waals surface area contributed by atoms with Crippen LogP contribution in [0.5, 0.6) is 0 Å². The van der Waals surface area contributed by atoms with Crippen LogP contribution in [0.3, 0.4) is 0 Å². The second-order valence-corrected chi connectivity index (χ2v) is 8.04. The summed E-state index contributed by atoms with van der Waals surface area (Å²) in [4.78, 5) is 39.7. The van der Waals surface area contributed by atoms with Crippen LogP contribution in [-0.2, 0) is 7.05 Å². The quantitative estimate of drug-likeness (QED) is 0.483. The molecule has 8 nitrogen and oxygen atoms in total. The average molecular weight is 469 g/mol. The molecule has 0 bridgehead atoms. The van der Waals surface area contributed by atoms with Gasteiger partial charge in [-0.2, -0.15) is 4.98 Å². The van der Waals surface area contributed by atoms with Crippen molar-refractivity contribution in [3.8, 4) is 11.3 Å². The normalized spacial score (nSPS) is 10.9. The van der Waals surface area contributed by atoms with E-state index in [4.69, 9.17) is 23.2 Å². The zero-order chi connectivity index (χ0) is 23.0. The van der Waals surface area contributed by atoms with E-state index in [-0.39, 0.29) is 23.1 Å². The van der Waals surface area contributed by atoms with Crippen molar-refractivity contribution in [1.29, 1.82) is 0 Å². The Morgan fingerprint density at radius 1 is 1.03 bits per heavy atom. The van der Waals surface area contributed by atoms with E-state index in [1.807, 2.05) is 0 Å². The van der Waals surface area contributed by atoms with Gasteiger partial charge in [0.2, 0.25) is 5.95 Å². The number of nitrogens with zero attached hydrogens (tertiary/aromatic N) is 5. The monoisotopic (exact) mass is 468 g/mol. The van der Waals surface area contributed by atoms with E-state index in [0.717, 1.165) is 0 Å². The smallest absolute Gasteiger partial charge is 0.278 e. The molecule has 0 spiro atoms. The van der Waals surface area contributed by atoms with Crippen LogP contribution < -0.4 is 10.9 Å². The van der Waals surface area contributed by atoms with E-state index in [9.17, 15) is 9.59 Å². The summed E-state index contributed by atoms with van der Waals surface area (Å²) in [7, 11) is 4.99. The van der Waals surface area contributed by atoms with Gasteiger partial charge in [0.25, 0.3) is 11.5 Å². The number of aromatic nitrogens is 4. The second kappa shape index (κ2) is 8.57. The molecule has 0 atom stereocenters. The van der Waals surface area contributed by atoms with E-state index in [0.29, 0.717) is 38.0 Å². The van der Waals surface area contributed by atoms with Crippen molar-refractivity contribution in [2.24, 2.45) is 7.05 Å². The van der Waals surface area contributed by atoms with Crippen molar-refractivity contribution in [2.75, 3.05) is 19.4 Å². The predicted octanol–water partition coefficient (Wildman–Crippen LogP) is 4.14. The summed E-state index contributed by atoms with van der Waals surface area (Å²) >= 11 is 12.5. The van der Waals surface area contributed by atoms with Gasteiger partial charge in [-0.15, -0.1) is 0 Å². The van der Waals surface area contributed by atoms with Crippen molar-refractivity contribution in [2.45, 2.75) is 0 Å². The molecule has 0 saturated heterocycles. The summed E-state index contributed by atoms with van der Waals surface area (Å²) in [6, 6.07) is 11.9. The van der Waals surface area contributed by atoms with Crippen LogP contribution in [0.25, 0.3) is 22.4 Å². The van der Waals surface area contributed by atoms with Crippen molar-refractivity contribution < 1.29 is 4.79 Å². The van der Waals surface area contributed by atoms with Gasteiger partial charge in [0.1, 0.15) is 11.2 Å². The fourth-order valence-corrected chi connectivity index (χ4v) is 3.72. The fraction of sp³-hybridized carbons (Fsp3) is 0.136. The van der Waals surface area contributed by atoms with Crippen molar-refractivity contribution in [1.82, 2.24) is 24.4 Å². The van der Waals surface area contributed by atoms with Crippen LogP contribution in [0.15, 0.2) is 53.5 Å². The molecule has 0 saturated carbocycles. The highest BCUT2D eigenvalue weighted by molar-refractivity contribution is 6.39. The molecule has 0 fully saturated rings. The molecule has 0 radical (unpaired) electrons. The van der Waals surface area contributed by atoms with Gasteiger partial charge in [0.05, 0.1) is 16.2 Å². The van der Waals surface area contributed by atoms with E-state index >= 15 is 0 Å². The Labute approximate surface area is 193 Å². The predicted molar refractivity (Wildman–Crippen MR) is 126 cm³/mol. The Bertz CT molecular complexity index is 1380. The van der Waals surface area contributed by atoms with Crippen LogP contribution >= 0.6 is 23.2 Å². The van der Waals surface area contributed by atoms with Gasteiger partial charge in [-0.3, -0.25) is 14.2 Å². The summed E-state index contributed by atoms with van der Waals surface area (Å²) in [6.07, 6.45) is 1.52. The Hall–Kier alpha value is -3.49. The largest absolute Gasteiger partial charge is 0.345 e. The number of rotatable bonds is 4. The maximum Gasteiger partial charge on any atom is 0.278 e. The highest BCUT2D eigenvalue weighted by Crippen LogP contribution is 2.32. The van der Waals surface area contributed by atoms with Gasteiger partial charge >= 0.3 is 0 Å². The fourth-order valence-electron chi connectivity index (χ4n) is 3.15. The first-order valence-electron chi connectivity index (χ1n) is 9.53. The molecule has 2 heterocycles. The third-order valence-corrected chi connectivity index (χ3v) is 5.43. The van der Waals surface area contributed by atoms with Crippen molar-refractivity contribution >= 4 is 51.9 Å². The lowest BCUT2D eigenvalue weighted by molar-refractivity contribution is 0.0827. The van der Waals surface area contributed by atoms with E-state index in [1.165, 1.54) is 15.7 Å². The lowest BCUT2D eigenvalue weighted by Crippen LogP contribution is -2.22. The van der Waals surface area contributed by atoms with Gasteiger partial charge in [0, 0.05) is 38.0 Å². The van der Waals surface area contributed by atoms with E-state index in [1.54, 1.807) is 63.6 Å². The third-order valence-electron chi connectivity index (χ3n) is 4.80. The zero-order valence-electron chi connectivity index (χ0n) is 17.4. The summed E-state index contributed by atoms with van der Waals surface area (Å²) in [5, 5.41) is 3.73. The van der Waals surface area contributed by atoms with Gasteiger partial charge in [0.15, 0.2) is 5.65 Å². The van der Waals surface area contributed by atoms with Gasteiger partial charge < -0.3 is 10.2 Å². The second-order valence-electron chi connectivity index (χ2n) is 7.23. The SMILES string of the molecule is CN(C)C(=O)c1ccc(Nc2ncc3nc(-c4c(Cl)cccc4Cl)c(=O)n(C)c3n2)cc1. The molecule has 0 unspecified atom stereocenters. The summed E-state index contributed by atoms with van der Waals surface area (Å²) < 4.78 is 1.38. The van der Waals surface area contributed by atoms with E-state index in [2.05, 4.69) is 20.3 Å². The first-order chi connectivity index (χ1) is 15.3. The number of fused-ring (bicyclic) bond motifs is 1. The number of halogens is 2. The van der Waals surface area contributed by atoms with Gasteiger partial charge in [-0.1, -0.05) is 29.3 Å². The molecular formula is C22H18Cl2N6O2. The first-order valence-corrected chi connectivity index (χ1v) is 10.3. The van der Waals surface area contributed by atoms with Crippen LogP contribution in [-0.4, -0.2) is 44.4 Å². The van der Waals surface area contributed by atoms with Crippen LogP contribution in [0.2, 0.25) is 10.0 Å². The minimum absolute atomic E-state index is 0.0889. The average Bonchev–Trinajstić information content (AvgIpc) is 2.77.